The molecule has 1 aliphatic rings. The van der Waals surface area contributed by atoms with Gasteiger partial charge in [0.1, 0.15) is 23.2 Å². The summed E-state index contributed by atoms with van der Waals surface area (Å²) >= 11 is 0. The van der Waals surface area contributed by atoms with Crippen molar-refractivity contribution in [2.75, 3.05) is 18.5 Å². The molecule has 2 aromatic heterocycles. The van der Waals surface area contributed by atoms with Gasteiger partial charge in [-0.25, -0.2) is 9.78 Å². The number of ether oxygens (including phenoxy) is 2. The second-order valence-electron chi connectivity index (χ2n) is 11.2. The Labute approximate surface area is 250 Å². The van der Waals surface area contributed by atoms with Gasteiger partial charge in [0, 0.05) is 12.6 Å². The normalized spacial score (nSPS) is 17.4. The third-order valence-corrected chi connectivity index (χ3v) is 7.40. The van der Waals surface area contributed by atoms with E-state index < -0.39 is 35.1 Å². The zero-order chi connectivity index (χ0) is 31.0. The van der Waals surface area contributed by atoms with E-state index >= 15 is 0 Å². The molecule has 0 aliphatic carbocycles. The molecule has 0 radical (unpaired) electrons. The number of benzene rings is 1. The molecular formula is C31H40N6O6. The van der Waals surface area contributed by atoms with Gasteiger partial charge in [-0.15, -0.1) is 0 Å². The van der Waals surface area contributed by atoms with Crippen molar-refractivity contribution in [2.45, 2.75) is 71.1 Å². The van der Waals surface area contributed by atoms with E-state index in [0.29, 0.717) is 31.2 Å². The molecule has 5 N–H and O–H groups in total. The molecule has 3 aromatic rings. The number of hydrogen-bond acceptors (Lipinski definition) is 7. The number of anilines is 1. The first-order chi connectivity index (χ1) is 20.6. The molecule has 12 heteroatoms. The number of aromatic nitrogens is 3. The number of carbonyl (C=O) groups excluding carboxylic acids is 3. The highest BCUT2D eigenvalue weighted by Gasteiger charge is 2.38. The first-order valence-corrected chi connectivity index (χ1v) is 14.6. The first-order valence-electron chi connectivity index (χ1n) is 14.6. The Kier molecular flexibility index (Phi) is 10.4. The number of hydrogen-bond donors (Lipinski definition) is 4. The van der Waals surface area contributed by atoms with E-state index in [1.165, 1.54) is 22.8 Å². The number of nitrogens with one attached hydrogen (secondary N) is 3. The number of alkyl carbamates (subject to hydrolysis) is 1. The molecule has 1 aromatic carbocycles. The number of para-hydroxylation sites is 1. The molecule has 2 atom stereocenters. The van der Waals surface area contributed by atoms with Crippen molar-refractivity contribution < 1.29 is 23.9 Å². The number of pyridine rings is 1. The van der Waals surface area contributed by atoms with Gasteiger partial charge in [-0.05, 0) is 61.4 Å². The largest absolute Gasteiger partial charge is 0.440 e. The highest BCUT2D eigenvalue weighted by atomic mass is 16.6. The van der Waals surface area contributed by atoms with E-state index in [4.69, 9.17) is 20.2 Å². The van der Waals surface area contributed by atoms with E-state index in [1.54, 1.807) is 12.3 Å². The second kappa shape index (κ2) is 14.1. The Morgan fingerprint density at radius 2 is 2.07 bits per heavy atom. The van der Waals surface area contributed by atoms with Crippen molar-refractivity contribution >= 4 is 34.6 Å². The number of nitrogens with two attached hydrogens (primary N) is 1. The Hall–Kier alpha value is -4.45. The van der Waals surface area contributed by atoms with Gasteiger partial charge in [-0.2, -0.15) is 0 Å². The standard InChI is InChI=1S/C31H40N6O6/c1-4-31(14-16-42-19-31)43-30(41)35-23(10-5-6-13-25(32)38)28(39)34-24-12-8-15-37(29(24)40)18-26-33-22-11-7-9-21(17-20(2)3)27(22)36-26/h6-9,11-13,15,20,23H,4-5,10,14,16-19H2,1-3H3,(H2,32,38)(H,33,36)(H,34,39)(H,35,41)/b13-6+/t23-,31?/m0/s1. The Morgan fingerprint density at radius 1 is 1.26 bits per heavy atom. The van der Waals surface area contributed by atoms with Crippen molar-refractivity contribution in [2.24, 2.45) is 11.7 Å². The molecule has 1 unspecified atom stereocenters. The lowest BCUT2D eigenvalue weighted by atomic mass is 10.0. The number of amides is 3. The van der Waals surface area contributed by atoms with Gasteiger partial charge in [-0.1, -0.05) is 39.0 Å². The van der Waals surface area contributed by atoms with Crippen LogP contribution in [0, 0.1) is 5.92 Å². The van der Waals surface area contributed by atoms with Crippen LogP contribution in [-0.2, 0) is 32.0 Å². The number of carbonyl (C=O) groups is 3. The van der Waals surface area contributed by atoms with Crippen LogP contribution in [0.1, 0.15) is 57.8 Å². The summed E-state index contributed by atoms with van der Waals surface area (Å²) in [6.07, 6.45) is 5.98. The van der Waals surface area contributed by atoms with Crippen molar-refractivity contribution in [1.82, 2.24) is 19.9 Å². The summed E-state index contributed by atoms with van der Waals surface area (Å²) in [4.78, 5) is 58.6. The number of nitrogens with zero attached hydrogens (tertiary/aromatic N) is 2. The van der Waals surface area contributed by atoms with Crippen LogP contribution in [0.3, 0.4) is 0 Å². The number of aromatic amines is 1. The summed E-state index contributed by atoms with van der Waals surface area (Å²) in [6.45, 7) is 7.14. The summed E-state index contributed by atoms with van der Waals surface area (Å²) in [7, 11) is 0. The zero-order valence-corrected chi connectivity index (χ0v) is 24.9. The molecule has 43 heavy (non-hydrogen) atoms. The minimum absolute atomic E-state index is 0.0474. The fraction of sp³-hybridized carbons (Fsp3) is 0.452. The number of fused-ring (bicyclic) bond motifs is 1. The predicted molar refractivity (Wildman–Crippen MR) is 163 cm³/mol. The predicted octanol–water partition coefficient (Wildman–Crippen LogP) is 3.40. The molecule has 0 spiro atoms. The molecular weight excluding hydrogens is 552 g/mol. The van der Waals surface area contributed by atoms with Crippen LogP contribution in [0.2, 0.25) is 0 Å². The van der Waals surface area contributed by atoms with E-state index in [1.807, 2.05) is 19.1 Å². The Bertz CT molecular complexity index is 1530. The maximum absolute atomic E-state index is 13.3. The zero-order valence-electron chi connectivity index (χ0n) is 24.9. The fourth-order valence-electron chi connectivity index (χ4n) is 5.08. The quantitative estimate of drug-likeness (QED) is 0.220. The lowest BCUT2D eigenvalue weighted by Crippen LogP contribution is -2.48. The van der Waals surface area contributed by atoms with Gasteiger partial charge in [0.25, 0.3) is 5.56 Å². The molecule has 3 heterocycles. The summed E-state index contributed by atoms with van der Waals surface area (Å²) in [5.41, 5.74) is 6.93. The third-order valence-electron chi connectivity index (χ3n) is 7.40. The smallest absolute Gasteiger partial charge is 0.408 e. The van der Waals surface area contributed by atoms with Crippen LogP contribution in [0.5, 0.6) is 0 Å². The van der Waals surface area contributed by atoms with Crippen molar-refractivity contribution in [1.29, 1.82) is 0 Å². The molecule has 1 aliphatic heterocycles. The SMILES string of the molecule is CCC1(OC(=O)N[C@@H](CC/C=C/C(N)=O)C(=O)Nc2cccn(Cc3nc4c(CC(C)C)cccc4[nH]3)c2=O)CCOC1. The number of primary amides is 1. The second-order valence-corrected chi connectivity index (χ2v) is 11.2. The van der Waals surface area contributed by atoms with Gasteiger partial charge in [0.05, 0.1) is 30.8 Å². The van der Waals surface area contributed by atoms with Gasteiger partial charge >= 0.3 is 6.09 Å². The van der Waals surface area contributed by atoms with E-state index in [-0.39, 0.29) is 31.7 Å². The average molecular weight is 593 g/mol. The number of rotatable bonds is 13. The van der Waals surface area contributed by atoms with Crippen LogP contribution < -0.4 is 21.9 Å². The summed E-state index contributed by atoms with van der Waals surface area (Å²) < 4.78 is 12.5. The maximum atomic E-state index is 13.3. The third kappa shape index (κ3) is 8.31. The van der Waals surface area contributed by atoms with Crippen LogP contribution in [0.25, 0.3) is 11.0 Å². The molecule has 0 saturated carbocycles. The molecule has 230 valence electrons. The molecule has 0 bridgehead atoms. The van der Waals surface area contributed by atoms with E-state index in [9.17, 15) is 19.2 Å². The van der Waals surface area contributed by atoms with Gasteiger partial charge < -0.3 is 35.4 Å². The average Bonchev–Trinajstić information content (AvgIpc) is 3.60. The highest BCUT2D eigenvalue weighted by Crippen LogP contribution is 2.27. The summed E-state index contributed by atoms with van der Waals surface area (Å²) in [5.74, 6) is -0.141. The Morgan fingerprint density at radius 3 is 2.77 bits per heavy atom. The van der Waals surface area contributed by atoms with E-state index in [2.05, 4.69) is 35.5 Å². The lowest BCUT2D eigenvalue weighted by Gasteiger charge is -2.27. The summed E-state index contributed by atoms with van der Waals surface area (Å²) in [6, 6.07) is 8.10. The first kappa shape index (κ1) is 31.5. The molecule has 4 rings (SSSR count). The number of imidazole rings is 1. The molecule has 3 amide bonds. The number of H-pyrrole nitrogens is 1. The van der Waals surface area contributed by atoms with Crippen molar-refractivity contribution in [3.63, 3.8) is 0 Å². The highest BCUT2D eigenvalue weighted by molar-refractivity contribution is 5.96. The van der Waals surface area contributed by atoms with Crippen molar-refractivity contribution in [3.8, 4) is 0 Å². The maximum Gasteiger partial charge on any atom is 0.408 e. The van der Waals surface area contributed by atoms with E-state index in [0.717, 1.165) is 23.0 Å². The summed E-state index contributed by atoms with van der Waals surface area (Å²) in [5, 5.41) is 5.27. The topological polar surface area (TPSA) is 170 Å². The number of allylic oxidation sites excluding steroid dienone is 1. The van der Waals surface area contributed by atoms with Gasteiger partial charge in [0.15, 0.2) is 0 Å². The van der Waals surface area contributed by atoms with Gasteiger partial charge in [0.2, 0.25) is 11.8 Å². The lowest BCUT2D eigenvalue weighted by molar-refractivity contribution is -0.118. The van der Waals surface area contributed by atoms with Crippen LogP contribution in [0.15, 0.2) is 53.5 Å². The monoisotopic (exact) mass is 592 g/mol. The van der Waals surface area contributed by atoms with Gasteiger partial charge in [-0.3, -0.25) is 14.4 Å². The minimum Gasteiger partial charge on any atom is -0.440 e. The molecule has 1 saturated heterocycles. The fourth-order valence-corrected chi connectivity index (χ4v) is 5.08. The minimum atomic E-state index is -1.05. The van der Waals surface area contributed by atoms with Crippen molar-refractivity contribution in [3.05, 3.63) is 70.4 Å². The molecule has 1 fully saturated rings. The Balaban J connectivity index is 1.49. The van der Waals surface area contributed by atoms with Crippen LogP contribution in [-0.4, -0.2) is 57.3 Å². The molecule has 12 nitrogen and oxygen atoms in total. The van der Waals surface area contributed by atoms with Crippen LogP contribution in [0.4, 0.5) is 10.5 Å². The van der Waals surface area contributed by atoms with Crippen LogP contribution >= 0.6 is 0 Å².